The third-order valence-corrected chi connectivity index (χ3v) is 3.13. The van der Waals surface area contributed by atoms with Gasteiger partial charge >= 0.3 is 0 Å². The summed E-state index contributed by atoms with van der Waals surface area (Å²) in [5, 5.41) is 19.3. The van der Waals surface area contributed by atoms with Gasteiger partial charge in [0.15, 0.2) is 11.6 Å². The van der Waals surface area contributed by atoms with E-state index < -0.39 is 36.0 Å². The van der Waals surface area contributed by atoms with E-state index in [1.54, 1.807) is 27.7 Å². The summed E-state index contributed by atoms with van der Waals surface area (Å²) in [6, 6.07) is 0. The van der Waals surface area contributed by atoms with Crippen molar-refractivity contribution in [3.05, 3.63) is 0 Å². The summed E-state index contributed by atoms with van der Waals surface area (Å²) in [5.41, 5.74) is 0. The predicted octanol–water partition coefficient (Wildman–Crippen LogP) is 0.0112. The predicted molar refractivity (Wildman–Crippen MR) is 61.8 cm³/mol. The van der Waals surface area contributed by atoms with Gasteiger partial charge in [0, 0.05) is 0 Å². The van der Waals surface area contributed by atoms with Crippen LogP contribution in [0.4, 0.5) is 0 Å². The molecular weight excluding hydrogens is 240 g/mol. The molecule has 3 unspecified atom stereocenters. The van der Waals surface area contributed by atoms with E-state index in [0.29, 0.717) is 0 Å². The van der Waals surface area contributed by atoms with E-state index in [-0.39, 0.29) is 13.2 Å². The summed E-state index contributed by atoms with van der Waals surface area (Å²) in [7, 11) is 0. The van der Waals surface area contributed by atoms with Gasteiger partial charge in [0.1, 0.15) is 24.4 Å². The minimum absolute atomic E-state index is 0.177. The molecule has 2 aliphatic rings. The molecule has 0 spiro atoms. The van der Waals surface area contributed by atoms with Crippen molar-refractivity contribution >= 4 is 0 Å². The zero-order chi connectivity index (χ0) is 13.6. The molecule has 106 valence electrons. The van der Waals surface area contributed by atoms with E-state index in [1.165, 1.54) is 0 Å². The molecule has 18 heavy (non-hydrogen) atoms. The molecule has 2 saturated heterocycles. The standard InChI is InChI=1S/C12H22O6/c1-11(2)15-6-7(14)9(17-11)10-8(5-13)16-12(3,4)18-10/h7-10,13-14H,5-6H2,1-4H3/t7?,8?,9-,10?/m1/s1. The van der Waals surface area contributed by atoms with Gasteiger partial charge in [-0.2, -0.15) is 0 Å². The maximum atomic E-state index is 9.98. The number of aliphatic hydroxyl groups excluding tert-OH is 2. The number of rotatable bonds is 2. The lowest BCUT2D eigenvalue weighted by Crippen LogP contribution is -2.56. The van der Waals surface area contributed by atoms with Crippen LogP contribution in [-0.2, 0) is 18.9 Å². The zero-order valence-electron chi connectivity index (χ0n) is 11.3. The summed E-state index contributed by atoms with van der Waals surface area (Å²) in [4.78, 5) is 0. The molecule has 4 atom stereocenters. The number of ether oxygens (including phenoxy) is 4. The van der Waals surface area contributed by atoms with Crippen molar-refractivity contribution in [3.8, 4) is 0 Å². The van der Waals surface area contributed by atoms with E-state index in [9.17, 15) is 10.2 Å². The fraction of sp³-hybridized carbons (Fsp3) is 1.00. The molecule has 2 heterocycles. The van der Waals surface area contributed by atoms with E-state index in [4.69, 9.17) is 18.9 Å². The monoisotopic (exact) mass is 262 g/mol. The van der Waals surface area contributed by atoms with Crippen LogP contribution in [-0.4, -0.2) is 59.4 Å². The Balaban J connectivity index is 2.13. The molecule has 2 rings (SSSR count). The Bertz CT molecular complexity index is 301. The molecule has 2 aliphatic heterocycles. The quantitative estimate of drug-likeness (QED) is 0.730. The number of hydrogen-bond acceptors (Lipinski definition) is 6. The van der Waals surface area contributed by atoms with Gasteiger partial charge in [0.2, 0.25) is 0 Å². The lowest BCUT2D eigenvalue weighted by Gasteiger charge is -2.41. The smallest absolute Gasteiger partial charge is 0.164 e. The van der Waals surface area contributed by atoms with E-state index in [2.05, 4.69) is 0 Å². The Morgan fingerprint density at radius 1 is 1.00 bits per heavy atom. The Labute approximate surface area is 107 Å². The van der Waals surface area contributed by atoms with E-state index >= 15 is 0 Å². The molecule has 0 aromatic rings. The summed E-state index contributed by atoms with van der Waals surface area (Å²) >= 11 is 0. The molecule has 0 radical (unpaired) electrons. The second kappa shape index (κ2) is 4.70. The van der Waals surface area contributed by atoms with Gasteiger partial charge in [-0.15, -0.1) is 0 Å². The first-order valence-corrected chi connectivity index (χ1v) is 6.20. The van der Waals surface area contributed by atoms with Crippen molar-refractivity contribution < 1.29 is 29.2 Å². The molecule has 2 N–H and O–H groups in total. The molecule has 0 aromatic carbocycles. The van der Waals surface area contributed by atoms with Crippen LogP contribution >= 0.6 is 0 Å². The maximum Gasteiger partial charge on any atom is 0.164 e. The summed E-state index contributed by atoms with van der Waals surface area (Å²) in [5.74, 6) is -1.57. The first kappa shape index (κ1) is 14.2. The Morgan fingerprint density at radius 2 is 1.61 bits per heavy atom. The lowest BCUT2D eigenvalue weighted by molar-refractivity contribution is -0.322. The SMILES string of the molecule is CC1(C)OC(CO)C([C@@H]2OC(C)(C)OCC2O)O1. The summed E-state index contributed by atoms with van der Waals surface area (Å²) in [6.45, 7) is 7.10. The zero-order valence-corrected chi connectivity index (χ0v) is 11.3. The number of aliphatic hydroxyl groups is 2. The molecule has 6 heteroatoms. The van der Waals surface area contributed by atoms with Crippen LogP contribution < -0.4 is 0 Å². The van der Waals surface area contributed by atoms with Crippen molar-refractivity contribution in [2.75, 3.05) is 13.2 Å². The Kier molecular flexibility index (Phi) is 3.70. The minimum Gasteiger partial charge on any atom is -0.394 e. The third kappa shape index (κ3) is 2.84. The summed E-state index contributed by atoms with van der Waals surface area (Å²) < 4.78 is 22.4. The maximum absolute atomic E-state index is 9.98. The first-order valence-electron chi connectivity index (χ1n) is 6.20. The van der Waals surface area contributed by atoms with Gasteiger partial charge in [-0.3, -0.25) is 0 Å². The largest absolute Gasteiger partial charge is 0.394 e. The fourth-order valence-corrected chi connectivity index (χ4v) is 2.39. The molecule has 6 nitrogen and oxygen atoms in total. The molecule has 0 amide bonds. The van der Waals surface area contributed by atoms with Gasteiger partial charge in [-0.1, -0.05) is 0 Å². The van der Waals surface area contributed by atoms with Gasteiger partial charge in [0.05, 0.1) is 13.2 Å². The van der Waals surface area contributed by atoms with Crippen molar-refractivity contribution in [1.82, 2.24) is 0 Å². The Morgan fingerprint density at radius 3 is 2.22 bits per heavy atom. The third-order valence-electron chi connectivity index (χ3n) is 3.13. The van der Waals surface area contributed by atoms with Crippen molar-refractivity contribution in [3.63, 3.8) is 0 Å². The van der Waals surface area contributed by atoms with Crippen LogP contribution in [0.5, 0.6) is 0 Å². The first-order chi connectivity index (χ1) is 8.24. The molecule has 0 aliphatic carbocycles. The van der Waals surface area contributed by atoms with Crippen LogP contribution in [0.25, 0.3) is 0 Å². The Hall–Kier alpha value is -0.240. The lowest BCUT2D eigenvalue weighted by atomic mass is 10.0. The molecule has 0 bridgehead atoms. The average molecular weight is 262 g/mol. The van der Waals surface area contributed by atoms with Crippen molar-refractivity contribution in [2.24, 2.45) is 0 Å². The van der Waals surface area contributed by atoms with Gasteiger partial charge < -0.3 is 29.2 Å². The highest BCUT2D eigenvalue weighted by molar-refractivity contribution is 4.92. The highest BCUT2D eigenvalue weighted by atomic mass is 16.8. The normalized spacial score (nSPS) is 43.0. The highest BCUT2D eigenvalue weighted by Gasteiger charge is 2.50. The van der Waals surface area contributed by atoms with Crippen molar-refractivity contribution in [2.45, 2.75) is 63.7 Å². The fourth-order valence-electron chi connectivity index (χ4n) is 2.39. The van der Waals surface area contributed by atoms with Crippen LogP contribution in [0.3, 0.4) is 0 Å². The van der Waals surface area contributed by atoms with Crippen molar-refractivity contribution in [1.29, 1.82) is 0 Å². The van der Waals surface area contributed by atoms with E-state index in [1.807, 2.05) is 0 Å². The van der Waals surface area contributed by atoms with Crippen LogP contribution in [0.15, 0.2) is 0 Å². The highest BCUT2D eigenvalue weighted by Crippen LogP contribution is 2.35. The van der Waals surface area contributed by atoms with Crippen LogP contribution in [0, 0.1) is 0 Å². The van der Waals surface area contributed by atoms with Gasteiger partial charge in [0.25, 0.3) is 0 Å². The van der Waals surface area contributed by atoms with E-state index in [0.717, 1.165) is 0 Å². The minimum atomic E-state index is -0.797. The molecule has 0 aromatic heterocycles. The van der Waals surface area contributed by atoms with Crippen LogP contribution in [0.2, 0.25) is 0 Å². The van der Waals surface area contributed by atoms with Gasteiger partial charge in [-0.05, 0) is 27.7 Å². The average Bonchev–Trinajstić information content (AvgIpc) is 2.57. The topological polar surface area (TPSA) is 77.4 Å². The van der Waals surface area contributed by atoms with Gasteiger partial charge in [-0.25, -0.2) is 0 Å². The van der Waals surface area contributed by atoms with Crippen LogP contribution in [0.1, 0.15) is 27.7 Å². The summed E-state index contributed by atoms with van der Waals surface area (Å²) in [6.07, 6.45) is -2.39. The molecule has 2 fully saturated rings. The second-order valence-electron chi connectivity index (χ2n) is 5.68. The molecule has 0 saturated carbocycles. The molecular formula is C12H22O6. The number of hydrogen-bond donors (Lipinski definition) is 2. The second-order valence-corrected chi connectivity index (χ2v) is 5.68.